The Labute approximate surface area is 56.0 Å². The molecule has 0 fully saturated rings. The van der Waals surface area contributed by atoms with Gasteiger partial charge in [0.1, 0.15) is 0 Å². The summed E-state index contributed by atoms with van der Waals surface area (Å²) < 4.78 is 0. The summed E-state index contributed by atoms with van der Waals surface area (Å²) in [6.07, 6.45) is 4.88. The van der Waals surface area contributed by atoms with E-state index < -0.39 is 0 Å². The van der Waals surface area contributed by atoms with Gasteiger partial charge in [-0.25, -0.2) is 0 Å². The van der Waals surface area contributed by atoms with Crippen molar-refractivity contribution < 1.29 is 4.84 Å². The normalized spacial score (nSPS) is 7.00. The fraction of sp³-hybridized carbons (Fsp3) is 0.600. The van der Waals surface area contributed by atoms with Crippen molar-refractivity contribution in [3.05, 3.63) is 0 Å². The fourth-order valence-corrected chi connectivity index (χ4v) is 0.195. The maximum absolute atomic E-state index is 4.88. The molecule has 0 unspecified atom stereocenters. The number of terminal acetylenes is 1. The summed E-state index contributed by atoms with van der Waals surface area (Å²) in [6.45, 7) is 3.03. The molecule has 48 valence electrons. The van der Waals surface area contributed by atoms with Crippen LogP contribution in [0.1, 0.15) is 6.92 Å². The van der Waals surface area contributed by atoms with Gasteiger partial charge in [0.05, 0.1) is 13.2 Å². The summed E-state index contributed by atoms with van der Waals surface area (Å²) in [6, 6.07) is 0. The number of halogens is 1. The first-order chi connectivity index (χ1) is 3.41. The molecule has 0 aromatic heterocycles. The highest BCUT2D eigenvalue weighted by atomic mass is 35.5. The highest BCUT2D eigenvalue weighted by Gasteiger charge is 1.72. The average molecular weight is 136 g/mol. The van der Waals surface area contributed by atoms with Crippen molar-refractivity contribution >= 4 is 12.4 Å². The zero-order valence-corrected chi connectivity index (χ0v) is 5.62. The van der Waals surface area contributed by atoms with Crippen molar-refractivity contribution in [2.45, 2.75) is 6.92 Å². The molecule has 0 bridgehead atoms. The summed E-state index contributed by atoms with van der Waals surface area (Å²) in [5, 5.41) is 0. The van der Waals surface area contributed by atoms with Gasteiger partial charge in [-0.1, -0.05) is 5.92 Å². The van der Waals surface area contributed by atoms with Crippen LogP contribution in [0, 0.1) is 12.3 Å². The second kappa shape index (κ2) is 9.91. The van der Waals surface area contributed by atoms with E-state index in [1.807, 2.05) is 6.92 Å². The Balaban J connectivity index is 0. The van der Waals surface area contributed by atoms with Crippen molar-refractivity contribution in [2.24, 2.45) is 0 Å². The molecule has 0 aromatic rings. The van der Waals surface area contributed by atoms with E-state index in [0.717, 1.165) is 0 Å². The van der Waals surface area contributed by atoms with Crippen LogP contribution in [-0.2, 0) is 4.84 Å². The van der Waals surface area contributed by atoms with Crippen LogP contribution >= 0.6 is 12.4 Å². The van der Waals surface area contributed by atoms with Crippen LogP contribution in [0.15, 0.2) is 0 Å². The van der Waals surface area contributed by atoms with E-state index in [-0.39, 0.29) is 12.4 Å². The number of hydrogen-bond acceptors (Lipinski definition) is 2. The van der Waals surface area contributed by atoms with E-state index in [0.29, 0.717) is 13.2 Å². The molecule has 2 nitrogen and oxygen atoms in total. The monoisotopic (exact) mass is 135 g/mol. The lowest BCUT2D eigenvalue weighted by Crippen LogP contribution is -2.13. The third-order valence-corrected chi connectivity index (χ3v) is 0.421. The molecule has 0 spiro atoms. The standard InChI is InChI=1S/C5H9NO.ClH/c1-3-5-6-7-4-2;/h1,6H,4-5H2,2H3;1H. The Morgan fingerprint density at radius 3 is 2.75 bits per heavy atom. The molecule has 8 heavy (non-hydrogen) atoms. The number of hydroxylamine groups is 1. The van der Waals surface area contributed by atoms with Gasteiger partial charge in [0, 0.05) is 0 Å². The molecule has 0 heterocycles. The molecule has 1 N–H and O–H groups in total. The van der Waals surface area contributed by atoms with Crippen LogP contribution in [0.3, 0.4) is 0 Å². The van der Waals surface area contributed by atoms with Crippen LogP contribution in [0.25, 0.3) is 0 Å². The maximum Gasteiger partial charge on any atom is 0.0818 e. The maximum atomic E-state index is 4.88. The van der Waals surface area contributed by atoms with Gasteiger partial charge < -0.3 is 4.84 Å². The minimum atomic E-state index is 0. The van der Waals surface area contributed by atoms with Crippen LogP contribution in [0.2, 0.25) is 0 Å². The minimum absolute atomic E-state index is 0. The van der Waals surface area contributed by atoms with Crippen LogP contribution in [-0.4, -0.2) is 13.2 Å². The molecule has 0 amide bonds. The predicted octanol–water partition coefficient (Wildman–Crippen LogP) is 0.582. The summed E-state index contributed by atoms with van der Waals surface area (Å²) in [5.74, 6) is 2.37. The highest BCUT2D eigenvalue weighted by molar-refractivity contribution is 5.85. The van der Waals surface area contributed by atoms with Crippen molar-refractivity contribution in [1.82, 2.24) is 5.48 Å². The van der Waals surface area contributed by atoms with Gasteiger partial charge in [-0.3, -0.25) is 0 Å². The van der Waals surface area contributed by atoms with Crippen LogP contribution < -0.4 is 5.48 Å². The van der Waals surface area contributed by atoms with E-state index >= 15 is 0 Å². The van der Waals surface area contributed by atoms with Crippen LogP contribution in [0.5, 0.6) is 0 Å². The fourth-order valence-electron chi connectivity index (χ4n) is 0.195. The summed E-state index contributed by atoms with van der Waals surface area (Å²) in [5.41, 5.74) is 2.55. The first-order valence-corrected chi connectivity index (χ1v) is 2.20. The zero-order valence-electron chi connectivity index (χ0n) is 4.81. The van der Waals surface area contributed by atoms with Gasteiger partial charge in [0.2, 0.25) is 0 Å². The lowest BCUT2D eigenvalue weighted by atomic mass is 10.7. The zero-order chi connectivity index (χ0) is 5.54. The molecule has 0 saturated carbocycles. The Bertz CT molecular complexity index is 69.3. The Morgan fingerprint density at radius 1 is 1.75 bits per heavy atom. The Kier molecular flexibility index (Phi) is 13.2. The average Bonchev–Trinajstić information content (AvgIpc) is 1.69. The van der Waals surface area contributed by atoms with E-state index in [4.69, 9.17) is 6.42 Å². The highest BCUT2D eigenvalue weighted by Crippen LogP contribution is 1.59. The number of hydrogen-bond donors (Lipinski definition) is 1. The van der Waals surface area contributed by atoms with E-state index in [2.05, 4.69) is 16.2 Å². The topological polar surface area (TPSA) is 21.3 Å². The largest absolute Gasteiger partial charge is 0.301 e. The quantitative estimate of drug-likeness (QED) is 0.347. The van der Waals surface area contributed by atoms with Gasteiger partial charge in [0.25, 0.3) is 0 Å². The summed E-state index contributed by atoms with van der Waals surface area (Å²) in [7, 11) is 0. The molecule has 3 heteroatoms. The molecule has 0 aliphatic carbocycles. The lowest BCUT2D eigenvalue weighted by Gasteiger charge is -1.94. The smallest absolute Gasteiger partial charge is 0.0818 e. The summed E-state index contributed by atoms with van der Waals surface area (Å²) in [4.78, 5) is 4.68. The molecular weight excluding hydrogens is 126 g/mol. The van der Waals surface area contributed by atoms with Crippen LogP contribution in [0.4, 0.5) is 0 Å². The van der Waals surface area contributed by atoms with Gasteiger partial charge in [0.15, 0.2) is 0 Å². The molecule has 0 rings (SSSR count). The number of nitrogens with one attached hydrogen (secondary N) is 1. The molecule has 0 saturated heterocycles. The van der Waals surface area contributed by atoms with Gasteiger partial charge in [-0.2, -0.15) is 5.48 Å². The molecule has 0 aliphatic heterocycles. The van der Waals surface area contributed by atoms with Gasteiger partial charge >= 0.3 is 0 Å². The van der Waals surface area contributed by atoms with Crippen molar-refractivity contribution in [3.8, 4) is 12.3 Å². The molecule has 0 aromatic carbocycles. The van der Waals surface area contributed by atoms with Crippen molar-refractivity contribution in [2.75, 3.05) is 13.2 Å². The van der Waals surface area contributed by atoms with Gasteiger partial charge in [-0.15, -0.1) is 18.8 Å². The van der Waals surface area contributed by atoms with E-state index in [1.54, 1.807) is 0 Å². The van der Waals surface area contributed by atoms with Crippen molar-refractivity contribution in [1.29, 1.82) is 0 Å². The first-order valence-electron chi connectivity index (χ1n) is 2.20. The Morgan fingerprint density at radius 2 is 2.38 bits per heavy atom. The van der Waals surface area contributed by atoms with Crippen molar-refractivity contribution in [3.63, 3.8) is 0 Å². The Hall–Kier alpha value is -0.230. The van der Waals surface area contributed by atoms with E-state index in [9.17, 15) is 0 Å². The third-order valence-electron chi connectivity index (χ3n) is 0.421. The number of rotatable bonds is 3. The SMILES string of the molecule is C#CCNOCC.Cl. The summed E-state index contributed by atoms with van der Waals surface area (Å²) >= 11 is 0. The second-order valence-corrected chi connectivity index (χ2v) is 0.958. The molecule has 0 atom stereocenters. The minimum Gasteiger partial charge on any atom is -0.301 e. The second-order valence-electron chi connectivity index (χ2n) is 0.958. The molecule has 0 aliphatic rings. The first kappa shape index (κ1) is 10.7. The molecule has 0 radical (unpaired) electrons. The lowest BCUT2D eigenvalue weighted by molar-refractivity contribution is 0.0601. The van der Waals surface area contributed by atoms with E-state index in [1.165, 1.54) is 0 Å². The van der Waals surface area contributed by atoms with Gasteiger partial charge in [-0.05, 0) is 6.92 Å². The third kappa shape index (κ3) is 9.24. The predicted molar refractivity (Wildman–Crippen MR) is 35.7 cm³/mol. The molecular formula is C5H10ClNO.